The molecule has 0 radical (unpaired) electrons. The van der Waals surface area contributed by atoms with E-state index in [0.29, 0.717) is 0 Å². The summed E-state index contributed by atoms with van der Waals surface area (Å²) in [6, 6.07) is 4.80. The van der Waals surface area contributed by atoms with E-state index in [9.17, 15) is 19.7 Å². The van der Waals surface area contributed by atoms with Crippen molar-refractivity contribution < 1.29 is 19.2 Å². The Bertz CT molecular complexity index is 532. The molecular weight excluding hydrogens is 278 g/mol. The standard InChI is InChI=1S/C13H17N3O5/c1-3-9(2)14-13(18)15-12(17)8-21-11-6-4-5-10(7-11)16(19)20/h4-7,9H,3,8H2,1-2H3,(H2,14,15,17,18)/t9-/m1/s1. The van der Waals surface area contributed by atoms with Crippen LogP contribution in [-0.2, 0) is 4.79 Å². The minimum Gasteiger partial charge on any atom is -0.484 e. The molecule has 0 aliphatic rings. The summed E-state index contributed by atoms with van der Waals surface area (Å²) in [5.41, 5.74) is -0.137. The van der Waals surface area contributed by atoms with Gasteiger partial charge in [-0.3, -0.25) is 20.2 Å². The van der Waals surface area contributed by atoms with Crippen LogP contribution in [0.1, 0.15) is 20.3 Å². The van der Waals surface area contributed by atoms with Gasteiger partial charge in [-0.2, -0.15) is 0 Å². The Morgan fingerprint density at radius 2 is 2.14 bits per heavy atom. The van der Waals surface area contributed by atoms with Crippen molar-refractivity contribution in [2.45, 2.75) is 26.3 Å². The molecule has 3 amide bonds. The first-order chi connectivity index (χ1) is 9.92. The van der Waals surface area contributed by atoms with Crippen LogP contribution in [0.25, 0.3) is 0 Å². The summed E-state index contributed by atoms with van der Waals surface area (Å²) >= 11 is 0. The van der Waals surface area contributed by atoms with Crippen LogP contribution < -0.4 is 15.4 Å². The van der Waals surface area contributed by atoms with E-state index in [1.807, 2.05) is 13.8 Å². The summed E-state index contributed by atoms with van der Waals surface area (Å²) in [5.74, 6) is -0.455. The van der Waals surface area contributed by atoms with Crippen LogP contribution in [0.3, 0.4) is 0 Å². The second-order valence-corrected chi connectivity index (χ2v) is 4.37. The van der Waals surface area contributed by atoms with Crippen molar-refractivity contribution in [2.75, 3.05) is 6.61 Å². The van der Waals surface area contributed by atoms with Crippen LogP contribution >= 0.6 is 0 Å². The van der Waals surface area contributed by atoms with Crippen molar-refractivity contribution in [3.8, 4) is 5.75 Å². The smallest absolute Gasteiger partial charge is 0.321 e. The summed E-state index contributed by atoms with van der Waals surface area (Å²) < 4.78 is 5.09. The molecule has 0 saturated heterocycles. The molecule has 21 heavy (non-hydrogen) atoms. The number of amides is 3. The highest BCUT2D eigenvalue weighted by Crippen LogP contribution is 2.18. The van der Waals surface area contributed by atoms with E-state index in [4.69, 9.17) is 4.74 Å². The van der Waals surface area contributed by atoms with E-state index in [2.05, 4.69) is 10.6 Å². The SMILES string of the molecule is CC[C@@H](C)NC(=O)NC(=O)COc1cccc([N+](=O)[O-])c1. The lowest BCUT2D eigenvalue weighted by Crippen LogP contribution is -2.44. The molecule has 1 aromatic rings. The number of rotatable bonds is 6. The zero-order valence-electron chi connectivity index (χ0n) is 11.8. The summed E-state index contributed by atoms with van der Waals surface area (Å²) in [7, 11) is 0. The van der Waals surface area contributed by atoms with Crippen molar-refractivity contribution in [3.05, 3.63) is 34.4 Å². The first-order valence-corrected chi connectivity index (χ1v) is 6.40. The Labute approximate surface area is 121 Å². The number of nitro benzene ring substituents is 1. The van der Waals surface area contributed by atoms with Gasteiger partial charge in [-0.15, -0.1) is 0 Å². The molecule has 0 unspecified atom stereocenters. The lowest BCUT2D eigenvalue weighted by Gasteiger charge is -2.12. The number of ether oxygens (including phenoxy) is 1. The number of carbonyl (C=O) groups excluding carboxylic acids is 2. The number of nitrogens with one attached hydrogen (secondary N) is 2. The molecule has 0 fully saturated rings. The van der Waals surface area contributed by atoms with Crippen molar-refractivity contribution in [2.24, 2.45) is 0 Å². The number of nitro groups is 1. The van der Waals surface area contributed by atoms with Gasteiger partial charge >= 0.3 is 6.03 Å². The van der Waals surface area contributed by atoms with Gasteiger partial charge in [-0.05, 0) is 19.4 Å². The Balaban J connectivity index is 2.44. The van der Waals surface area contributed by atoms with E-state index in [-0.39, 0.29) is 17.5 Å². The molecule has 2 N–H and O–H groups in total. The number of imide groups is 1. The van der Waals surface area contributed by atoms with E-state index in [1.54, 1.807) is 0 Å². The predicted octanol–water partition coefficient (Wildman–Crippen LogP) is 1.60. The highest BCUT2D eigenvalue weighted by atomic mass is 16.6. The second kappa shape index (κ2) is 7.83. The quantitative estimate of drug-likeness (QED) is 0.611. The lowest BCUT2D eigenvalue weighted by atomic mass is 10.3. The van der Waals surface area contributed by atoms with Gasteiger partial charge in [0.05, 0.1) is 11.0 Å². The third-order valence-corrected chi connectivity index (χ3v) is 2.64. The third kappa shape index (κ3) is 5.89. The molecule has 1 rings (SSSR count). The zero-order chi connectivity index (χ0) is 15.8. The van der Waals surface area contributed by atoms with Gasteiger partial charge in [-0.25, -0.2) is 4.79 Å². The topological polar surface area (TPSA) is 111 Å². The molecule has 0 aliphatic carbocycles. The van der Waals surface area contributed by atoms with Gasteiger partial charge in [0.25, 0.3) is 11.6 Å². The van der Waals surface area contributed by atoms with Crippen LogP contribution in [0.4, 0.5) is 10.5 Å². The largest absolute Gasteiger partial charge is 0.484 e. The maximum atomic E-state index is 11.5. The fraction of sp³-hybridized carbons (Fsp3) is 0.385. The first kappa shape index (κ1) is 16.4. The Kier molecular flexibility index (Phi) is 6.12. The van der Waals surface area contributed by atoms with E-state index in [1.165, 1.54) is 24.3 Å². The molecule has 8 heteroatoms. The van der Waals surface area contributed by atoms with Crippen molar-refractivity contribution in [1.29, 1.82) is 0 Å². The molecule has 0 aliphatic heterocycles. The average Bonchev–Trinajstić information content (AvgIpc) is 2.45. The van der Waals surface area contributed by atoms with Gasteiger partial charge in [0.1, 0.15) is 5.75 Å². The first-order valence-electron chi connectivity index (χ1n) is 6.40. The summed E-state index contributed by atoms with van der Waals surface area (Å²) in [6.07, 6.45) is 0.742. The van der Waals surface area contributed by atoms with Gasteiger partial charge < -0.3 is 10.1 Å². The van der Waals surface area contributed by atoms with E-state index >= 15 is 0 Å². The molecule has 1 atom stereocenters. The van der Waals surface area contributed by atoms with Crippen molar-refractivity contribution in [1.82, 2.24) is 10.6 Å². The molecule has 8 nitrogen and oxygen atoms in total. The number of urea groups is 1. The highest BCUT2D eigenvalue weighted by Gasteiger charge is 2.11. The number of nitrogens with zero attached hydrogens (tertiary/aromatic N) is 1. The zero-order valence-corrected chi connectivity index (χ0v) is 11.8. The van der Waals surface area contributed by atoms with Gasteiger partial charge in [0.15, 0.2) is 6.61 Å². The maximum absolute atomic E-state index is 11.5. The van der Waals surface area contributed by atoms with Crippen LogP contribution in [0.2, 0.25) is 0 Å². The fourth-order valence-electron chi connectivity index (χ4n) is 1.36. The number of carbonyl (C=O) groups is 2. The Morgan fingerprint density at radius 3 is 2.76 bits per heavy atom. The van der Waals surface area contributed by atoms with Gasteiger partial charge in [0.2, 0.25) is 0 Å². The number of non-ortho nitro benzene ring substituents is 1. The molecule has 0 bridgehead atoms. The van der Waals surface area contributed by atoms with Crippen molar-refractivity contribution in [3.63, 3.8) is 0 Å². The molecule has 0 saturated carbocycles. The van der Waals surface area contributed by atoms with E-state index in [0.717, 1.165) is 6.42 Å². The fourth-order valence-corrected chi connectivity index (χ4v) is 1.36. The summed E-state index contributed by atoms with van der Waals surface area (Å²) in [5, 5.41) is 15.3. The van der Waals surface area contributed by atoms with Crippen LogP contribution in [0.15, 0.2) is 24.3 Å². The molecule has 0 spiro atoms. The van der Waals surface area contributed by atoms with Crippen LogP contribution in [0.5, 0.6) is 5.75 Å². The number of hydrogen-bond donors (Lipinski definition) is 2. The normalized spacial score (nSPS) is 11.3. The van der Waals surface area contributed by atoms with Gasteiger partial charge in [-0.1, -0.05) is 13.0 Å². The number of benzene rings is 1. The minimum absolute atomic E-state index is 0.0458. The molecule has 0 heterocycles. The summed E-state index contributed by atoms with van der Waals surface area (Å²) in [6.45, 7) is 3.30. The molecule has 114 valence electrons. The molecular formula is C13H17N3O5. The monoisotopic (exact) mass is 295 g/mol. The Hall–Kier alpha value is -2.64. The highest BCUT2D eigenvalue weighted by molar-refractivity contribution is 5.95. The van der Waals surface area contributed by atoms with Crippen molar-refractivity contribution >= 4 is 17.6 Å². The summed E-state index contributed by atoms with van der Waals surface area (Å²) in [4.78, 5) is 32.9. The second-order valence-electron chi connectivity index (χ2n) is 4.37. The van der Waals surface area contributed by atoms with Crippen LogP contribution in [0, 0.1) is 10.1 Å². The average molecular weight is 295 g/mol. The maximum Gasteiger partial charge on any atom is 0.321 e. The number of hydrogen-bond acceptors (Lipinski definition) is 5. The van der Waals surface area contributed by atoms with E-state index < -0.39 is 23.5 Å². The Morgan fingerprint density at radius 1 is 1.43 bits per heavy atom. The third-order valence-electron chi connectivity index (χ3n) is 2.64. The molecule has 0 aromatic heterocycles. The minimum atomic E-state index is -0.637. The van der Waals surface area contributed by atoms with Gasteiger partial charge in [0, 0.05) is 12.1 Å². The molecule has 1 aromatic carbocycles. The van der Waals surface area contributed by atoms with Crippen LogP contribution in [-0.4, -0.2) is 29.5 Å². The predicted molar refractivity (Wildman–Crippen MR) is 75.0 cm³/mol. The lowest BCUT2D eigenvalue weighted by molar-refractivity contribution is -0.384.